The number of nitrogens with one attached hydrogen (secondary N) is 2. The number of hydrogen-bond acceptors (Lipinski definition) is 7. The molecule has 1 amide bonds. The maximum absolute atomic E-state index is 12.2. The first-order valence-electron chi connectivity index (χ1n) is 7.78. The van der Waals surface area contributed by atoms with Gasteiger partial charge in [0.25, 0.3) is 5.91 Å². The van der Waals surface area contributed by atoms with Crippen molar-refractivity contribution in [2.75, 3.05) is 26.8 Å². The number of methoxy groups -OCH3 is 1. The largest absolute Gasteiger partial charge is 0.496 e. The predicted molar refractivity (Wildman–Crippen MR) is 92.7 cm³/mol. The van der Waals surface area contributed by atoms with Crippen LogP contribution in [0.2, 0.25) is 0 Å². The van der Waals surface area contributed by atoms with Gasteiger partial charge in [-0.1, -0.05) is 17.3 Å². The van der Waals surface area contributed by atoms with E-state index < -0.39 is 12.1 Å². The number of halogens is 1. The van der Waals surface area contributed by atoms with E-state index in [0.717, 1.165) is 12.1 Å². The third-order valence-electron chi connectivity index (χ3n) is 3.74. The van der Waals surface area contributed by atoms with Crippen LogP contribution in [-0.4, -0.2) is 49.0 Å². The Hall–Kier alpha value is -2.16. The summed E-state index contributed by atoms with van der Waals surface area (Å²) in [7, 11) is 1.58. The van der Waals surface area contributed by atoms with Crippen molar-refractivity contribution in [3.05, 3.63) is 30.2 Å². The van der Waals surface area contributed by atoms with Gasteiger partial charge in [-0.05, 0) is 19.1 Å². The summed E-state index contributed by atoms with van der Waals surface area (Å²) in [5, 5.41) is 9.92. The highest BCUT2D eigenvalue weighted by molar-refractivity contribution is 5.85. The zero-order valence-electron chi connectivity index (χ0n) is 14.0. The summed E-state index contributed by atoms with van der Waals surface area (Å²) in [4.78, 5) is 16.5. The van der Waals surface area contributed by atoms with Crippen LogP contribution < -0.4 is 15.4 Å². The van der Waals surface area contributed by atoms with Crippen LogP contribution in [0, 0.1) is 0 Å². The van der Waals surface area contributed by atoms with Crippen molar-refractivity contribution in [3.63, 3.8) is 0 Å². The number of nitrogens with zero attached hydrogens (tertiary/aromatic N) is 2. The van der Waals surface area contributed by atoms with Gasteiger partial charge >= 0.3 is 0 Å². The van der Waals surface area contributed by atoms with E-state index in [1.807, 2.05) is 24.3 Å². The molecule has 1 aromatic heterocycles. The first-order chi connectivity index (χ1) is 11.7. The molecule has 0 aliphatic carbocycles. The van der Waals surface area contributed by atoms with Crippen LogP contribution in [0.4, 0.5) is 0 Å². The molecule has 2 aromatic rings. The van der Waals surface area contributed by atoms with Crippen molar-refractivity contribution in [2.45, 2.75) is 19.1 Å². The van der Waals surface area contributed by atoms with Crippen molar-refractivity contribution >= 4 is 18.3 Å². The summed E-state index contributed by atoms with van der Waals surface area (Å²) >= 11 is 0. The van der Waals surface area contributed by atoms with E-state index in [0.29, 0.717) is 30.6 Å². The Morgan fingerprint density at radius 1 is 1.44 bits per heavy atom. The molecule has 1 fully saturated rings. The predicted octanol–water partition coefficient (Wildman–Crippen LogP) is 1.33. The van der Waals surface area contributed by atoms with Gasteiger partial charge in [-0.15, -0.1) is 12.4 Å². The maximum Gasteiger partial charge on any atom is 0.251 e. The molecule has 2 atom stereocenters. The Labute approximate surface area is 151 Å². The minimum absolute atomic E-state index is 0. The zero-order chi connectivity index (χ0) is 16.9. The molecule has 1 aromatic carbocycles. The number of amides is 1. The number of benzene rings is 1. The van der Waals surface area contributed by atoms with E-state index in [1.165, 1.54) is 0 Å². The summed E-state index contributed by atoms with van der Waals surface area (Å²) in [6.45, 7) is 3.55. The van der Waals surface area contributed by atoms with Crippen LogP contribution in [0.1, 0.15) is 18.9 Å². The Kier molecular flexibility index (Phi) is 6.74. The molecule has 1 aliphatic rings. The second-order valence-corrected chi connectivity index (χ2v) is 5.45. The number of ether oxygens (including phenoxy) is 2. The highest BCUT2D eigenvalue weighted by atomic mass is 35.5. The second-order valence-electron chi connectivity index (χ2n) is 5.45. The molecular formula is C16H21ClN4O4. The lowest BCUT2D eigenvalue weighted by molar-refractivity contribution is -0.135. The Morgan fingerprint density at radius 2 is 2.24 bits per heavy atom. The van der Waals surface area contributed by atoms with Gasteiger partial charge < -0.3 is 24.6 Å². The summed E-state index contributed by atoms with van der Waals surface area (Å²) in [6.07, 6.45) is -0.502. The van der Waals surface area contributed by atoms with Crippen LogP contribution in [0.5, 0.6) is 5.75 Å². The minimum Gasteiger partial charge on any atom is -0.496 e. The fourth-order valence-corrected chi connectivity index (χ4v) is 2.45. The quantitative estimate of drug-likeness (QED) is 0.821. The van der Waals surface area contributed by atoms with Crippen LogP contribution in [0.3, 0.4) is 0 Å². The molecule has 0 radical (unpaired) electrons. The summed E-state index contributed by atoms with van der Waals surface area (Å²) < 4.78 is 16.0. The number of carbonyl (C=O) groups excluding carboxylic acids is 1. The fraction of sp³-hybridized carbons (Fsp3) is 0.438. The number of hydrogen-bond donors (Lipinski definition) is 2. The SMILES string of the molecule is COc1ccccc1-c1noc(C(C)NC(=O)C2CNCCO2)n1.Cl. The van der Waals surface area contributed by atoms with Crippen molar-refractivity contribution in [1.82, 2.24) is 20.8 Å². The van der Waals surface area contributed by atoms with Gasteiger partial charge in [0, 0.05) is 13.1 Å². The number of rotatable bonds is 5. The molecule has 2 N–H and O–H groups in total. The van der Waals surface area contributed by atoms with E-state index in [4.69, 9.17) is 14.0 Å². The van der Waals surface area contributed by atoms with Gasteiger partial charge in [-0.25, -0.2) is 0 Å². The number of para-hydroxylation sites is 1. The first-order valence-corrected chi connectivity index (χ1v) is 7.78. The van der Waals surface area contributed by atoms with Gasteiger partial charge in [0.05, 0.1) is 19.3 Å². The summed E-state index contributed by atoms with van der Waals surface area (Å²) in [5.41, 5.74) is 0.730. The normalized spacial score (nSPS) is 18.1. The van der Waals surface area contributed by atoms with Crippen molar-refractivity contribution < 1.29 is 18.8 Å². The lowest BCUT2D eigenvalue weighted by Crippen LogP contribution is -2.48. The highest BCUT2D eigenvalue weighted by Crippen LogP contribution is 2.27. The average Bonchev–Trinajstić information content (AvgIpc) is 3.12. The monoisotopic (exact) mass is 368 g/mol. The summed E-state index contributed by atoms with van der Waals surface area (Å²) in [6, 6.07) is 6.98. The molecular weight excluding hydrogens is 348 g/mol. The van der Waals surface area contributed by atoms with E-state index in [-0.39, 0.29) is 18.3 Å². The molecule has 0 spiro atoms. The number of aromatic nitrogens is 2. The number of morpholine rings is 1. The van der Waals surface area contributed by atoms with Crippen LogP contribution in [0.15, 0.2) is 28.8 Å². The molecule has 9 heteroatoms. The Bertz CT molecular complexity index is 703. The topological polar surface area (TPSA) is 98.5 Å². The highest BCUT2D eigenvalue weighted by Gasteiger charge is 2.25. The minimum atomic E-state index is -0.502. The molecule has 0 bridgehead atoms. The van der Waals surface area contributed by atoms with Crippen molar-refractivity contribution in [1.29, 1.82) is 0 Å². The van der Waals surface area contributed by atoms with Gasteiger partial charge in [0.1, 0.15) is 17.9 Å². The zero-order valence-corrected chi connectivity index (χ0v) is 14.8. The molecule has 136 valence electrons. The van der Waals surface area contributed by atoms with Gasteiger partial charge in [0.15, 0.2) is 0 Å². The van der Waals surface area contributed by atoms with Gasteiger partial charge in [0.2, 0.25) is 11.7 Å². The van der Waals surface area contributed by atoms with E-state index in [9.17, 15) is 4.79 Å². The third kappa shape index (κ3) is 4.47. The molecule has 3 rings (SSSR count). The van der Waals surface area contributed by atoms with E-state index in [1.54, 1.807) is 14.0 Å². The smallest absolute Gasteiger partial charge is 0.251 e. The Balaban J connectivity index is 0.00000225. The molecule has 8 nitrogen and oxygen atoms in total. The van der Waals surface area contributed by atoms with Crippen LogP contribution in [0.25, 0.3) is 11.4 Å². The molecule has 2 heterocycles. The van der Waals surface area contributed by atoms with Gasteiger partial charge in [-0.3, -0.25) is 4.79 Å². The Morgan fingerprint density at radius 3 is 2.96 bits per heavy atom. The summed E-state index contributed by atoms with van der Waals surface area (Å²) in [5.74, 6) is 1.20. The van der Waals surface area contributed by atoms with E-state index in [2.05, 4.69) is 20.8 Å². The lowest BCUT2D eigenvalue weighted by atomic mass is 10.2. The average molecular weight is 369 g/mol. The van der Waals surface area contributed by atoms with Crippen LogP contribution in [-0.2, 0) is 9.53 Å². The molecule has 1 saturated heterocycles. The van der Waals surface area contributed by atoms with E-state index >= 15 is 0 Å². The molecule has 25 heavy (non-hydrogen) atoms. The van der Waals surface area contributed by atoms with Crippen molar-refractivity contribution in [3.8, 4) is 17.1 Å². The molecule has 1 aliphatic heterocycles. The third-order valence-corrected chi connectivity index (χ3v) is 3.74. The lowest BCUT2D eigenvalue weighted by Gasteiger charge is -2.23. The van der Waals surface area contributed by atoms with Crippen molar-refractivity contribution in [2.24, 2.45) is 0 Å². The second kappa shape index (κ2) is 8.80. The van der Waals surface area contributed by atoms with Gasteiger partial charge in [-0.2, -0.15) is 4.98 Å². The standard InChI is InChI=1S/C16H20N4O4.ClH/c1-10(18-15(21)13-9-17-7-8-23-13)16-19-14(20-24-16)11-5-3-4-6-12(11)22-2;/h3-6,10,13,17H,7-9H2,1-2H3,(H,18,21);1H. The fourth-order valence-electron chi connectivity index (χ4n) is 2.45. The first kappa shape index (κ1) is 19.2. The van der Waals surface area contributed by atoms with Crippen LogP contribution >= 0.6 is 12.4 Å². The molecule has 0 saturated carbocycles. The maximum atomic E-state index is 12.2. The molecule has 2 unspecified atom stereocenters. The number of carbonyl (C=O) groups is 1.